The van der Waals surface area contributed by atoms with Crippen molar-refractivity contribution in [3.05, 3.63) is 47.8 Å². The smallest absolute Gasteiger partial charge is 0.231 e. The van der Waals surface area contributed by atoms with Crippen molar-refractivity contribution in [2.45, 2.75) is 0 Å². The summed E-state index contributed by atoms with van der Waals surface area (Å²) in [5.74, 6) is 1.54. The van der Waals surface area contributed by atoms with E-state index in [9.17, 15) is 0 Å². The Balaban J connectivity index is 1.73. The topological polar surface area (TPSA) is 57.4 Å². The molecule has 1 aliphatic heterocycles. The van der Waals surface area contributed by atoms with E-state index >= 15 is 0 Å². The van der Waals surface area contributed by atoms with E-state index in [-0.39, 0.29) is 6.79 Å². The molecule has 1 aliphatic rings. The molecule has 2 aromatic carbocycles. The molecule has 104 valence electrons. The maximum Gasteiger partial charge on any atom is 0.231 e. The van der Waals surface area contributed by atoms with Gasteiger partial charge in [-0.1, -0.05) is 12.1 Å². The van der Waals surface area contributed by atoms with Gasteiger partial charge in [-0.05, 0) is 30.3 Å². The molecule has 3 aromatic rings. The zero-order chi connectivity index (χ0) is 14.2. The van der Waals surface area contributed by atoms with Gasteiger partial charge in [0.2, 0.25) is 6.79 Å². The average Bonchev–Trinajstić information content (AvgIpc) is 3.16. The second-order valence-corrected chi connectivity index (χ2v) is 5.55. The van der Waals surface area contributed by atoms with Crippen LogP contribution >= 0.6 is 11.3 Å². The predicted molar refractivity (Wildman–Crippen MR) is 83.5 cm³/mol. The Morgan fingerprint density at radius 2 is 1.90 bits per heavy atom. The minimum atomic E-state index is 0.279. The number of fused-ring (bicyclic) bond motifs is 1. The molecule has 0 bridgehead atoms. The number of hydrogen-bond acceptors (Lipinski definition) is 5. The number of aromatic nitrogens is 1. The van der Waals surface area contributed by atoms with Gasteiger partial charge in [-0.15, -0.1) is 11.3 Å². The number of nitrogen functional groups attached to an aromatic ring is 1. The Bertz CT molecular complexity index is 814. The van der Waals surface area contributed by atoms with E-state index in [1.54, 1.807) is 11.3 Å². The number of nitrogens with two attached hydrogens (primary N) is 1. The fourth-order valence-corrected chi connectivity index (χ4v) is 3.15. The number of ether oxygens (including phenoxy) is 2. The highest BCUT2D eigenvalue weighted by Gasteiger charge is 2.15. The third kappa shape index (κ3) is 2.11. The number of hydrogen-bond donors (Lipinski definition) is 1. The third-order valence-corrected chi connectivity index (χ3v) is 4.24. The van der Waals surface area contributed by atoms with E-state index in [0.717, 1.165) is 39.0 Å². The summed E-state index contributed by atoms with van der Waals surface area (Å²) < 4.78 is 10.7. The fraction of sp³-hybridized carbons (Fsp3) is 0.0625. The normalized spacial score (nSPS) is 12.6. The molecule has 0 spiro atoms. The van der Waals surface area contributed by atoms with Crippen LogP contribution in [-0.4, -0.2) is 11.8 Å². The number of anilines is 1. The van der Waals surface area contributed by atoms with Gasteiger partial charge in [-0.2, -0.15) is 0 Å². The average molecular weight is 296 g/mol. The summed E-state index contributed by atoms with van der Waals surface area (Å²) in [5, 5.41) is 2.94. The Kier molecular flexibility index (Phi) is 2.79. The number of rotatable bonds is 2. The predicted octanol–water partition coefficient (Wildman–Crippen LogP) is 3.79. The van der Waals surface area contributed by atoms with Gasteiger partial charge in [0.25, 0.3) is 0 Å². The van der Waals surface area contributed by atoms with Crippen LogP contribution in [0.3, 0.4) is 0 Å². The second kappa shape index (κ2) is 4.79. The van der Waals surface area contributed by atoms with Crippen LogP contribution in [0, 0.1) is 0 Å². The molecular formula is C16H12N2O2S. The summed E-state index contributed by atoms with van der Waals surface area (Å²) in [6.07, 6.45) is 0. The summed E-state index contributed by atoms with van der Waals surface area (Å²) in [6.45, 7) is 0.279. The quantitative estimate of drug-likeness (QED) is 0.731. The van der Waals surface area contributed by atoms with Gasteiger partial charge in [0.05, 0.1) is 5.69 Å². The summed E-state index contributed by atoms with van der Waals surface area (Å²) in [4.78, 5) is 4.68. The van der Waals surface area contributed by atoms with Gasteiger partial charge in [-0.3, -0.25) is 0 Å². The molecule has 0 saturated carbocycles. The first-order chi connectivity index (χ1) is 10.3. The van der Waals surface area contributed by atoms with E-state index in [0.29, 0.717) is 0 Å². The Hall–Kier alpha value is -2.53. The summed E-state index contributed by atoms with van der Waals surface area (Å²) >= 11 is 1.58. The van der Waals surface area contributed by atoms with E-state index < -0.39 is 0 Å². The van der Waals surface area contributed by atoms with Gasteiger partial charge in [-0.25, -0.2) is 4.98 Å². The second-order valence-electron chi connectivity index (χ2n) is 4.69. The Morgan fingerprint density at radius 1 is 1.05 bits per heavy atom. The minimum Gasteiger partial charge on any atom is -0.454 e. The van der Waals surface area contributed by atoms with Crippen LogP contribution in [0.25, 0.3) is 21.8 Å². The lowest BCUT2D eigenvalue weighted by molar-refractivity contribution is 0.174. The molecule has 0 aliphatic carbocycles. The number of benzene rings is 2. The van der Waals surface area contributed by atoms with Crippen LogP contribution in [0.1, 0.15) is 0 Å². The van der Waals surface area contributed by atoms with Crippen LogP contribution in [0.5, 0.6) is 11.5 Å². The molecule has 1 aromatic heterocycles. The fourth-order valence-electron chi connectivity index (χ4n) is 2.28. The first-order valence-corrected chi connectivity index (χ1v) is 7.40. The summed E-state index contributed by atoms with van der Waals surface area (Å²) in [6, 6.07) is 13.6. The maximum atomic E-state index is 6.00. The molecule has 0 amide bonds. The maximum absolute atomic E-state index is 6.00. The molecular weight excluding hydrogens is 284 g/mol. The Labute approximate surface area is 125 Å². The highest BCUT2D eigenvalue weighted by Crippen LogP contribution is 2.37. The van der Waals surface area contributed by atoms with Crippen LogP contribution in [0.2, 0.25) is 0 Å². The summed E-state index contributed by atoms with van der Waals surface area (Å²) in [7, 11) is 0. The van der Waals surface area contributed by atoms with Crippen molar-refractivity contribution in [2.75, 3.05) is 12.5 Å². The van der Waals surface area contributed by atoms with E-state index in [1.165, 1.54) is 0 Å². The molecule has 4 nitrogen and oxygen atoms in total. The van der Waals surface area contributed by atoms with Crippen molar-refractivity contribution in [2.24, 2.45) is 0 Å². The summed E-state index contributed by atoms with van der Waals surface area (Å²) in [5.41, 5.74) is 9.64. The number of para-hydroxylation sites is 1. The lowest BCUT2D eigenvalue weighted by Gasteiger charge is -2.01. The lowest BCUT2D eigenvalue weighted by Crippen LogP contribution is -1.92. The molecule has 5 heteroatoms. The zero-order valence-electron chi connectivity index (χ0n) is 11.1. The monoisotopic (exact) mass is 296 g/mol. The molecule has 21 heavy (non-hydrogen) atoms. The van der Waals surface area contributed by atoms with Crippen molar-refractivity contribution in [3.8, 4) is 33.3 Å². The van der Waals surface area contributed by atoms with E-state index in [4.69, 9.17) is 15.2 Å². The van der Waals surface area contributed by atoms with Gasteiger partial charge in [0, 0.05) is 22.2 Å². The number of nitrogens with zero attached hydrogens (tertiary/aromatic N) is 1. The highest BCUT2D eigenvalue weighted by atomic mass is 32.1. The minimum absolute atomic E-state index is 0.279. The van der Waals surface area contributed by atoms with Crippen LogP contribution in [0.15, 0.2) is 47.8 Å². The standard InChI is InChI=1S/C16H12N2O2S/c17-12-4-2-1-3-11(12)16-18-13(8-21-16)10-5-6-14-15(7-10)20-9-19-14/h1-8H,9,17H2. The first kappa shape index (κ1) is 12.2. The number of thiazole rings is 1. The largest absolute Gasteiger partial charge is 0.454 e. The van der Waals surface area contributed by atoms with Crippen molar-refractivity contribution in [1.29, 1.82) is 0 Å². The molecule has 0 fully saturated rings. The van der Waals surface area contributed by atoms with Crippen molar-refractivity contribution in [3.63, 3.8) is 0 Å². The molecule has 0 unspecified atom stereocenters. The van der Waals surface area contributed by atoms with Gasteiger partial charge in [0.1, 0.15) is 5.01 Å². The Morgan fingerprint density at radius 3 is 2.81 bits per heavy atom. The van der Waals surface area contributed by atoms with Crippen LogP contribution < -0.4 is 15.2 Å². The lowest BCUT2D eigenvalue weighted by atomic mass is 10.1. The highest BCUT2D eigenvalue weighted by molar-refractivity contribution is 7.13. The molecule has 0 atom stereocenters. The van der Waals surface area contributed by atoms with Gasteiger partial charge in [0.15, 0.2) is 11.5 Å². The van der Waals surface area contributed by atoms with Crippen molar-refractivity contribution < 1.29 is 9.47 Å². The zero-order valence-corrected chi connectivity index (χ0v) is 11.9. The third-order valence-electron chi connectivity index (χ3n) is 3.36. The molecule has 2 N–H and O–H groups in total. The molecule has 2 heterocycles. The van der Waals surface area contributed by atoms with Crippen LogP contribution in [-0.2, 0) is 0 Å². The van der Waals surface area contributed by atoms with Crippen molar-refractivity contribution >= 4 is 17.0 Å². The SMILES string of the molecule is Nc1ccccc1-c1nc(-c2ccc3c(c2)OCO3)cs1. The molecule has 4 rings (SSSR count). The molecule has 0 radical (unpaired) electrons. The van der Waals surface area contributed by atoms with Crippen LogP contribution in [0.4, 0.5) is 5.69 Å². The molecule has 0 saturated heterocycles. The van der Waals surface area contributed by atoms with E-state index in [1.807, 2.05) is 47.8 Å². The van der Waals surface area contributed by atoms with E-state index in [2.05, 4.69) is 4.98 Å². The van der Waals surface area contributed by atoms with Gasteiger partial charge < -0.3 is 15.2 Å². The van der Waals surface area contributed by atoms with Gasteiger partial charge >= 0.3 is 0 Å². The first-order valence-electron chi connectivity index (χ1n) is 6.52. The van der Waals surface area contributed by atoms with Crippen molar-refractivity contribution in [1.82, 2.24) is 4.98 Å².